The molecular formula is C17H25NO2. The molecule has 1 aliphatic carbocycles. The molecule has 1 saturated heterocycles. The van der Waals surface area contributed by atoms with Crippen molar-refractivity contribution in [3.05, 3.63) is 35.9 Å². The summed E-state index contributed by atoms with van der Waals surface area (Å²) in [5.41, 5.74) is 1.24. The number of likely N-dealkylation sites (tertiary alicyclic amines) is 1. The van der Waals surface area contributed by atoms with E-state index in [0.29, 0.717) is 18.8 Å². The molecule has 2 aliphatic rings. The summed E-state index contributed by atoms with van der Waals surface area (Å²) in [4.78, 5) is 2.44. The molecule has 2 fully saturated rings. The monoisotopic (exact) mass is 275 g/mol. The van der Waals surface area contributed by atoms with E-state index in [1.165, 1.54) is 18.4 Å². The van der Waals surface area contributed by atoms with Crippen LogP contribution in [0.1, 0.15) is 37.7 Å². The summed E-state index contributed by atoms with van der Waals surface area (Å²) in [7, 11) is 0. The molecule has 3 rings (SSSR count). The number of aliphatic hydroxyl groups excluding tert-OH is 1. The third-order valence-electron chi connectivity index (χ3n) is 4.67. The van der Waals surface area contributed by atoms with Gasteiger partial charge < -0.3 is 9.84 Å². The number of hydrogen-bond donors (Lipinski definition) is 1. The van der Waals surface area contributed by atoms with E-state index in [2.05, 4.69) is 29.2 Å². The van der Waals surface area contributed by atoms with E-state index >= 15 is 0 Å². The maximum absolute atomic E-state index is 10.1. The van der Waals surface area contributed by atoms with E-state index in [0.717, 1.165) is 32.4 Å². The van der Waals surface area contributed by atoms with Gasteiger partial charge in [-0.25, -0.2) is 0 Å². The quantitative estimate of drug-likeness (QED) is 0.916. The normalized spacial score (nSPS) is 31.6. The Morgan fingerprint density at radius 2 is 1.90 bits per heavy atom. The average molecular weight is 275 g/mol. The number of ether oxygens (including phenoxy) is 1. The van der Waals surface area contributed by atoms with E-state index in [9.17, 15) is 5.11 Å². The Kier molecular flexibility index (Phi) is 4.71. The molecule has 110 valence electrons. The second-order valence-corrected chi connectivity index (χ2v) is 6.12. The van der Waals surface area contributed by atoms with Crippen LogP contribution in [0.2, 0.25) is 0 Å². The summed E-state index contributed by atoms with van der Waals surface area (Å²) < 4.78 is 6.02. The number of hydrogen-bond acceptors (Lipinski definition) is 3. The number of aliphatic hydroxyl groups is 1. The van der Waals surface area contributed by atoms with Crippen molar-refractivity contribution in [2.75, 3.05) is 13.1 Å². The molecule has 1 N–H and O–H groups in total. The molecule has 0 spiro atoms. The van der Waals surface area contributed by atoms with E-state index in [4.69, 9.17) is 4.74 Å². The molecule has 1 aromatic carbocycles. The summed E-state index contributed by atoms with van der Waals surface area (Å²) >= 11 is 0. The highest BCUT2D eigenvalue weighted by Crippen LogP contribution is 2.27. The van der Waals surface area contributed by atoms with Crippen molar-refractivity contribution in [2.24, 2.45) is 0 Å². The average Bonchev–Trinajstić information content (AvgIpc) is 2.95. The summed E-state index contributed by atoms with van der Waals surface area (Å²) in [6, 6.07) is 10.7. The van der Waals surface area contributed by atoms with Gasteiger partial charge >= 0.3 is 0 Å². The molecule has 1 saturated carbocycles. The maximum atomic E-state index is 10.1. The first-order valence-corrected chi connectivity index (χ1v) is 7.90. The van der Waals surface area contributed by atoms with Crippen LogP contribution in [-0.4, -0.2) is 41.3 Å². The van der Waals surface area contributed by atoms with Crippen LogP contribution in [-0.2, 0) is 11.3 Å². The molecule has 0 aromatic heterocycles. The van der Waals surface area contributed by atoms with Gasteiger partial charge in [-0.3, -0.25) is 4.90 Å². The van der Waals surface area contributed by atoms with Crippen molar-refractivity contribution in [1.29, 1.82) is 0 Å². The number of rotatable bonds is 4. The van der Waals surface area contributed by atoms with Crippen molar-refractivity contribution in [1.82, 2.24) is 4.90 Å². The molecule has 3 nitrogen and oxygen atoms in total. The lowest BCUT2D eigenvalue weighted by Crippen LogP contribution is -2.44. The van der Waals surface area contributed by atoms with Gasteiger partial charge in [0, 0.05) is 19.1 Å². The highest BCUT2D eigenvalue weighted by molar-refractivity contribution is 5.13. The van der Waals surface area contributed by atoms with Gasteiger partial charge in [0.1, 0.15) is 0 Å². The first kappa shape index (κ1) is 14.1. The minimum Gasteiger partial charge on any atom is -0.391 e. The van der Waals surface area contributed by atoms with Gasteiger partial charge in [-0.1, -0.05) is 43.2 Å². The zero-order chi connectivity index (χ0) is 13.8. The second-order valence-electron chi connectivity index (χ2n) is 6.12. The SMILES string of the molecule is O[C@@H]1CCCCC1N1CC[C@@H](OCc2ccccc2)C1. The molecule has 0 amide bonds. The number of nitrogens with zero attached hydrogens (tertiary/aromatic N) is 1. The van der Waals surface area contributed by atoms with Gasteiger partial charge in [0.05, 0.1) is 18.8 Å². The van der Waals surface area contributed by atoms with Crippen LogP contribution < -0.4 is 0 Å². The molecule has 1 heterocycles. The fourth-order valence-corrected chi connectivity index (χ4v) is 3.50. The largest absolute Gasteiger partial charge is 0.391 e. The Balaban J connectivity index is 1.47. The molecule has 3 heteroatoms. The van der Waals surface area contributed by atoms with Gasteiger partial charge in [-0.15, -0.1) is 0 Å². The Hall–Kier alpha value is -0.900. The topological polar surface area (TPSA) is 32.7 Å². The second kappa shape index (κ2) is 6.70. The van der Waals surface area contributed by atoms with E-state index < -0.39 is 0 Å². The lowest BCUT2D eigenvalue weighted by molar-refractivity contribution is 0.00967. The molecule has 0 bridgehead atoms. The zero-order valence-corrected chi connectivity index (χ0v) is 12.1. The number of benzene rings is 1. The first-order chi connectivity index (χ1) is 9.83. The molecule has 1 aromatic rings. The molecule has 1 aliphatic heterocycles. The minimum absolute atomic E-state index is 0.128. The molecule has 3 atom stereocenters. The smallest absolute Gasteiger partial charge is 0.0721 e. The predicted molar refractivity (Wildman–Crippen MR) is 79.5 cm³/mol. The van der Waals surface area contributed by atoms with Crippen LogP contribution in [0.3, 0.4) is 0 Å². The Labute approximate surface area is 121 Å². The first-order valence-electron chi connectivity index (χ1n) is 7.90. The molecule has 0 radical (unpaired) electrons. The Morgan fingerprint density at radius 1 is 1.10 bits per heavy atom. The predicted octanol–water partition coefficient (Wildman–Crippen LogP) is 2.58. The van der Waals surface area contributed by atoms with Crippen LogP contribution in [0.25, 0.3) is 0 Å². The van der Waals surface area contributed by atoms with Crippen LogP contribution in [0.15, 0.2) is 30.3 Å². The standard InChI is InChI=1S/C17H25NO2/c19-17-9-5-4-8-16(17)18-11-10-15(12-18)20-13-14-6-2-1-3-7-14/h1-3,6-7,15-17,19H,4-5,8-13H2/t15-,16?,17-/m1/s1. The zero-order valence-electron chi connectivity index (χ0n) is 12.1. The summed E-state index contributed by atoms with van der Waals surface area (Å²) in [6.45, 7) is 2.75. The van der Waals surface area contributed by atoms with Crippen LogP contribution in [0.5, 0.6) is 0 Å². The molecule has 1 unspecified atom stereocenters. The third-order valence-corrected chi connectivity index (χ3v) is 4.67. The summed E-state index contributed by atoms with van der Waals surface area (Å²) in [5.74, 6) is 0. The van der Waals surface area contributed by atoms with Gasteiger partial charge in [-0.2, -0.15) is 0 Å². The minimum atomic E-state index is -0.128. The van der Waals surface area contributed by atoms with Gasteiger partial charge in [0.25, 0.3) is 0 Å². The fraction of sp³-hybridized carbons (Fsp3) is 0.647. The van der Waals surface area contributed by atoms with Crippen LogP contribution in [0, 0.1) is 0 Å². The van der Waals surface area contributed by atoms with Crippen molar-refractivity contribution in [2.45, 2.75) is 57.0 Å². The fourth-order valence-electron chi connectivity index (χ4n) is 3.50. The summed E-state index contributed by atoms with van der Waals surface area (Å²) in [6.07, 6.45) is 5.84. The van der Waals surface area contributed by atoms with Crippen molar-refractivity contribution < 1.29 is 9.84 Å². The van der Waals surface area contributed by atoms with E-state index in [1.54, 1.807) is 0 Å². The van der Waals surface area contributed by atoms with Gasteiger partial charge in [0.15, 0.2) is 0 Å². The molecule has 20 heavy (non-hydrogen) atoms. The van der Waals surface area contributed by atoms with Gasteiger partial charge in [-0.05, 0) is 24.8 Å². The van der Waals surface area contributed by atoms with Crippen molar-refractivity contribution in [3.63, 3.8) is 0 Å². The van der Waals surface area contributed by atoms with E-state index in [-0.39, 0.29) is 6.10 Å². The highest BCUT2D eigenvalue weighted by atomic mass is 16.5. The highest BCUT2D eigenvalue weighted by Gasteiger charge is 2.33. The van der Waals surface area contributed by atoms with Crippen molar-refractivity contribution >= 4 is 0 Å². The lowest BCUT2D eigenvalue weighted by Gasteiger charge is -2.35. The van der Waals surface area contributed by atoms with Crippen molar-refractivity contribution in [3.8, 4) is 0 Å². The Morgan fingerprint density at radius 3 is 2.70 bits per heavy atom. The Bertz CT molecular complexity index is 409. The maximum Gasteiger partial charge on any atom is 0.0721 e. The summed E-state index contributed by atoms with van der Waals surface area (Å²) in [5, 5.41) is 10.1. The lowest BCUT2D eigenvalue weighted by atomic mass is 9.91. The third kappa shape index (κ3) is 3.40. The van der Waals surface area contributed by atoms with Crippen LogP contribution in [0.4, 0.5) is 0 Å². The van der Waals surface area contributed by atoms with E-state index in [1.807, 2.05) is 6.07 Å². The van der Waals surface area contributed by atoms with Gasteiger partial charge in [0.2, 0.25) is 0 Å². The molecular weight excluding hydrogens is 250 g/mol. The van der Waals surface area contributed by atoms with Crippen LogP contribution >= 0.6 is 0 Å².